The molecule has 0 saturated carbocycles. The van der Waals surface area contributed by atoms with Crippen LogP contribution in [-0.2, 0) is 4.74 Å². The van der Waals surface area contributed by atoms with E-state index in [2.05, 4.69) is 5.32 Å². The lowest BCUT2D eigenvalue weighted by molar-refractivity contribution is 0.162. The molecule has 0 saturated heterocycles. The Labute approximate surface area is 99.5 Å². The highest BCUT2D eigenvalue weighted by atomic mass is 35.5. The number of ether oxygens (including phenoxy) is 2. The van der Waals surface area contributed by atoms with E-state index in [9.17, 15) is 4.79 Å². The van der Waals surface area contributed by atoms with E-state index < -0.39 is 6.09 Å². The molecule has 1 rings (SSSR count). The monoisotopic (exact) mass is 243 g/mol. The first kappa shape index (κ1) is 12.6. The summed E-state index contributed by atoms with van der Waals surface area (Å²) in [4.78, 5) is 11.3. The lowest BCUT2D eigenvalue weighted by atomic mass is 10.3. The SMILES string of the molecule is COc1ccccc1NC(=O)OCCCCl. The van der Waals surface area contributed by atoms with E-state index in [1.807, 2.05) is 6.07 Å². The number of amides is 1. The van der Waals surface area contributed by atoms with Crippen molar-refractivity contribution in [2.24, 2.45) is 0 Å². The van der Waals surface area contributed by atoms with E-state index in [0.717, 1.165) is 0 Å². The number of hydrogen-bond donors (Lipinski definition) is 1. The zero-order valence-corrected chi connectivity index (χ0v) is 9.79. The molecule has 1 N–H and O–H groups in total. The number of methoxy groups -OCH3 is 1. The van der Waals surface area contributed by atoms with Crippen molar-refractivity contribution in [1.29, 1.82) is 0 Å². The molecule has 1 aromatic rings. The van der Waals surface area contributed by atoms with Gasteiger partial charge in [-0.05, 0) is 18.6 Å². The van der Waals surface area contributed by atoms with Gasteiger partial charge in [0.05, 0.1) is 19.4 Å². The summed E-state index contributed by atoms with van der Waals surface area (Å²) >= 11 is 5.46. The van der Waals surface area contributed by atoms with Gasteiger partial charge in [-0.1, -0.05) is 12.1 Å². The molecule has 0 aliphatic carbocycles. The molecule has 1 amide bonds. The van der Waals surface area contributed by atoms with Crippen LogP contribution >= 0.6 is 11.6 Å². The van der Waals surface area contributed by atoms with E-state index in [0.29, 0.717) is 30.3 Å². The predicted molar refractivity (Wildman–Crippen MR) is 63.3 cm³/mol. The van der Waals surface area contributed by atoms with Crippen molar-refractivity contribution < 1.29 is 14.3 Å². The van der Waals surface area contributed by atoms with Gasteiger partial charge < -0.3 is 9.47 Å². The van der Waals surface area contributed by atoms with E-state index in [-0.39, 0.29) is 0 Å². The van der Waals surface area contributed by atoms with Crippen molar-refractivity contribution in [1.82, 2.24) is 0 Å². The van der Waals surface area contributed by atoms with Crippen LogP contribution in [0.25, 0.3) is 0 Å². The molecule has 0 aromatic heterocycles. The third-order valence-corrected chi connectivity index (χ3v) is 2.12. The topological polar surface area (TPSA) is 47.6 Å². The Balaban J connectivity index is 2.49. The van der Waals surface area contributed by atoms with Crippen LogP contribution in [0.1, 0.15) is 6.42 Å². The van der Waals surface area contributed by atoms with Crippen molar-refractivity contribution in [2.75, 3.05) is 24.9 Å². The molecule has 5 heteroatoms. The molecule has 0 atom stereocenters. The Morgan fingerprint density at radius 3 is 2.88 bits per heavy atom. The first-order valence-corrected chi connectivity index (χ1v) is 5.44. The Morgan fingerprint density at radius 2 is 2.19 bits per heavy atom. The molecule has 1 aromatic carbocycles. The van der Waals surface area contributed by atoms with Gasteiger partial charge >= 0.3 is 6.09 Å². The van der Waals surface area contributed by atoms with Crippen LogP contribution in [0, 0.1) is 0 Å². The maximum Gasteiger partial charge on any atom is 0.411 e. The summed E-state index contributed by atoms with van der Waals surface area (Å²) in [5.41, 5.74) is 0.584. The molecule has 16 heavy (non-hydrogen) atoms. The smallest absolute Gasteiger partial charge is 0.411 e. The summed E-state index contributed by atoms with van der Waals surface area (Å²) in [6.45, 7) is 0.310. The van der Waals surface area contributed by atoms with Gasteiger partial charge in [-0.15, -0.1) is 11.6 Å². The molecule has 0 radical (unpaired) electrons. The number of alkyl halides is 1. The molecular weight excluding hydrogens is 230 g/mol. The van der Waals surface area contributed by atoms with E-state index in [1.165, 1.54) is 0 Å². The molecular formula is C11H14ClNO3. The Morgan fingerprint density at radius 1 is 1.44 bits per heavy atom. The molecule has 0 aliphatic rings. The average Bonchev–Trinajstić information content (AvgIpc) is 2.30. The molecule has 0 bridgehead atoms. The molecule has 0 unspecified atom stereocenters. The lowest BCUT2D eigenvalue weighted by Crippen LogP contribution is -2.15. The third kappa shape index (κ3) is 3.98. The maximum absolute atomic E-state index is 11.3. The first-order chi connectivity index (χ1) is 7.77. The normalized spacial score (nSPS) is 9.62. The number of rotatable bonds is 5. The van der Waals surface area contributed by atoms with Crippen LogP contribution in [0.2, 0.25) is 0 Å². The molecule has 0 aliphatic heterocycles. The van der Waals surface area contributed by atoms with E-state index >= 15 is 0 Å². The number of carbonyl (C=O) groups is 1. The standard InChI is InChI=1S/C11H14ClNO3/c1-15-10-6-3-2-5-9(10)13-11(14)16-8-4-7-12/h2-3,5-6H,4,7-8H2,1H3,(H,13,14). The lowest BCUT2D eigenvalue weighted by Gasteiger charge is -2.09. The number of hydrogen-bond acceptors (Lipinski definition) is 3. The fourth-order valence-corrected chi connectivity index (χ4v) is 1.22. The number of benzene rings is 1. The van der Waals surface area contributed by atoms with Gasteiger partial charge in [-0.3, -0.25) is 5.32 Å². The summed E-state index contributed by atoms with van der Waals surface area (Å²) < 4.78 is 9.98. The molecule has 88 valence electrons. The fraction of sp³-hybridized carbons (Fsp3) is 0.364. The number of para-hydroxylation sites is 2. The van der Waals surface area contributed by atoms with Crippen LogP contribution in [-0.4, -0.2) is 25.7 Å². The van der Waals surface area contributed by atoms with Crippen molar-refractivity contribution in [3.63, 3.8) is 0 Å². The Kier molecular flexibility index (Phi) is 5.50. The highest BCUT2D eigenvalue weighted by Crippen LogP contribution is 2.22. The van der Waals surface area contributed by atoms with Gasteiger partial charge in [-0.2, -0.15) is 0 Å². The second-order valence-electron chi connectivity index (χ2n) is 3.00. The number of nitrogens with one attached hydrogen (secondary N) is 1. The van der Waals surface area contributed by atoms with Gasteiger partial charge in [0.15, 0.2) is 0 Å². The molecule has 0 fully saturated rings. The van der Waals surface area contributed by atoms with Crippen molar-refractivity contribution in [3.8, 4) is 5.75 Å². The Bertz CT molecular complexity index is 344. The number of anilines is 1. The summed E-state index contributed by atoms with van der Waals surface area (Å²) in [5.74, 6) is 1.07. The van der Waals surface area contributed by atoms with Crippen LogP contribution in [0.4, 0.5) is 10.5 Å². The van der Waals surface area contributed by atoms with Gasteiger partial charge in [0, 0.05) is 5.88 Å². The van der Waals surface area contributed by atoms with Crippen LogP contribution in [0.15, 0.2) is 24.3 Å². The highest BCUT2D eigenvalue weighted by molar-refractivity contribution is 6.17. The van der Waals surface area contributed by atoms with Crippen LogP contribution < -0.4 is 10.1 Å². The molecule has 0 spiro atoms. The summed E-state index contributed by atoms with van der Waals surface area (Å²) in [7, 11) is 1.54. The second-order valence-corrected chi connectivity index (χ2v) is 3.38. The Hall–Kier alpha value is -1.42. The molecule has 0 heterocycles. The quantitative estimate of drug-likeness (QED) is 0.639. The average molecular weight is 244 g/mol. The van der Waals surface area contributed by atoms with E-state index in [4.69, 9.17) is 21.1 Å². The minimum Gasteiger partial charge on any atom is -0.495 e. The van der Waals surface area contributed by atoms with E-state index in [1.54, 1.807) is 25.3 Å². The summed E-state index contributed by atoms with van der Waals surface area (Å²) in [5, 5.41) is 2.59. The first-order valence-electron chi connectivity index (χ1n) is 4.90. The number of halogens is 1. The summed E-state index contributed by atoms with van der Waals surface area (Å²) in [6.07, 6.45) is 0.135. The zero-order chi connectivity index (χ0) is 11.8. The largest absolute Gasteiger partial charge is 0.495 e. The van der Waals surface area contributed by atoms with Gasteiger partial charge in [0.25, 0.3) is 0 Å². The minimum atomic E-state index is -0.505. The highest BCUT2D eigenvalue weighted by Gasteiger charge is 2.06. The summed E-state index contributed by atoms with van der Waals surface area (Å²) in [6, 6.07) is 7.12. The predicted octanol–water partition coefficient (Wildman–Crippen LogP) is 2.87. The third-order valence-electron chi connectivity index (χ3n) is 1.85. The van der Waals surface area contributed by atoms with Crippen molar-refractivity contribution in [3.05, 3.63) is 24.3 Å². The van der Waals surface area contributed by atoms with Gasteiger partial charge in [0.1, 0.15) is 5.75 Å². The van der Waals surface area contributed by atoms with Gasteiger partial charge in [-0.25, -0.2) is 4.79 Å². The van der Waals surface area contributed by atoms with Gasteiger partial charge in [0.2, 0.25) is 0 Å². The number of carbonyl (C=O) groups excluding carboxylic acids is 1. The minimum absolute atomic E-state index is 0.310. The van der Waals surface area contributed by atoms with Crippen molar-refractivity contribution in [2.45, 2.75) is 6.42 Å². The van der Waals surface area contributed by atoms with Crippen molar-refractivity contribution >= 4 is 23.4 Å². The van der Waals surface area contributed by atoms with Crippen LogP contribution in [0.3, 0.4) is 0 Å². The zero-order valence-electron chi connectivity index (χ0n) is 9.03. The van der Waals surface area contributed by atoms with Crippen LogP contribution in [0.5, 0.6) is 5.75 Å². The molecule has 4 nitrogen and oxygen atoms in total. The second kappa shape index (κ2) is 6.95. The maximum atomic E-state index is 11.3. The fourth-order valence-electron chi connectivity index (χ4n) is 1.11.